The number of aryl methyl sites for hydroxylation is 2. The van der Waals surface area contributed by atoms with E-state index >= 15 is 0 Å². The van der Waals surface area contributed by atoms with Gasteiger partial charge in [0.05, 0.1) is 5.02 Å². The molecule has 0 radical (unpaired) electrons. The van der Waals surface area contributed by atoms with Gasteiger partial charge in [-0.15, -0.1) is 0 Å². The van der Waals surface area contributed by atoms with E-state index in [-0.39, 0.29) is 5.02 Å². The van der Waals surface area contributed by atoms with E-state index in [9.17, 15) is 4.39 Å². The van der Waals surface area contributed by atoms with Crippen LogP contribution in [0.3, 0.4) is 0 Å². The third-order valence-corrected chi connectivity index (χ3v) is 3.57. The normalized spacial score (nSPS) is 11.2. The zero-order chi connectivity index (χ0) is 14.4. The van der Waals surface area contributed by atoms with Crippen LogP contribution in [0.5, 0.6) is 0 Å². The molecule has 0 saturated heterocycles. The van der Waals surface area contributed by atoms with Gasteiger partial charge >= 0.3 is 0 Å². The first-order valence-electron chi connectivity index (χ1n) is 6.18. The van der Waals surface area contributed by atoms with Gasteiger partial charge in [0.25, 0.3) is 0 Å². The fraction of sp³-hybridized carbons (Fsp3) is 0.133. The number of rotatable bonds is 1. The molecule has 2 N–H and O–H groups in total. The number of nitrogen functional groups attached to an aromatic ring is 1. The Morgan fingerprint density at radius 3 is 2.65 bits per heavy atom. The molecule has 0 aliphatic carbocycles. The molecule has 3 aromatic rings. The maximum Gasteiger partial charge on any atom is 0.141 e. The largest absolute Gasteiger partial charge is 0.383 e. The van der Waals surface area contributed by atoms with Crippen LogP contribution in [-0.2, 0) is 0 Å². The van der Waals surface area contributed by atoms with Gasteiger partial charge in [0.1, 0.15) is 23.0 Å². The molecule has 0 aliphatic rings. The summed E-state index contributed by atoms with van der Waals surface area (Å²) < 4.78 is 15.1. The molecule has 0 bridgehead atoms. The summed E-state index contributed by atoms with van der Waals surface area (Å²) in [6.07, 6.45) is 0. The van der Waals surface area contributed by atoms with Crippen LogP contribution in [0, 0.1) is 19.7 Å². The minimum absolute atomic E-state index is 0.0619. The summed E-state index contributed by atoms with van der Waals surface area (Å²) in [6, 6.07) is 8.47. The number of pyridine rings is 1. The van der Waals surface area contributed by atoms with E-state index in [1.807, 2.05) is 30.4 Å². The SMILES string of the molecule is Cc1cc(C)n2c(N)c(-c3ccc(F)c(Cl)c3)nc2c1. The van der Waals surface area contributed by atoms with E-state index in [4.69, 9.17) is 17.3 Å². The highest BCUT2D eigenvalue weighted by Crippen LogP contribution is 2.30. The molecular formula is C15H13ClFN3. The molecule has 3 rings (SSSR count). The summed E-state index contributed by atoms with van der Waals surface area (Å²) in [5, 5.41) is 0.0619. The smallest absolute Gasteiger partial charge is 0.141 e. The summed E-state index contributed by atoms with van der Waals surface area (Å²) in [5.74, 6) is 0.0740. The van der Waals surface area contributed by atoms with E-state index in [1.165, 1.54) is 12.1 Å². The number of imidazole rings is 1. The molecule has 0 aliphatic heterocycles. The van der Waals surface area contributed by atoms with E-state index in [0.717, 1.165) is 16.9 Å². The Morgan fingerprint density at radius 2 is 1.95 bits per heavy atom. The van der Waals surface area contributed by atoms with Crippen LogP contribution in [-0.4, -0.2) is 9.38 Å². The lowest BCUT2D eigenvalue weighted by Gasteiger charge is -2.04. The number of halogens is 2. The topological polar surface area (TPSA) is 43.3 Å². The number of fused-ring (bicyclic) bond motifs is 1. The average molecular weight is 290 g/mol. The van der Waals surface area contributed by atoms with Crippen molar-refractivity contribution in [2.45, 2.75) is 13.8 Å². The van der Waals surface area contributed by atoms with Crippen molar-refractivity contribution in [3.05, 3.63) is 52.4 Å². The van der Waals surface area contributed by atoms with Crippen LogP contribution in [0.15, 0.2) is 30.3 Å². The van der Waals surface area contributed by atoms with E-state index in [2.05, 4.69) is 4.98 Å². The Morgan fingerprint density at radius 1 is 1.20 bits per heavy atom. The fourth-order valence-corrected chi connectivity index (χ4v) is 2.59. The Hall–Kier alpha value is -2.07. The highest BCUT2D eigenvalue weighted by molar-refractivity contribution is 6.31. The van der Waals surface area contributed by atoms with Crippen molar-refractivity contribution in [2.24, 2.45) is 0 Å². The Labute approximate surface area is 120 Å². The van der Waals surface area contributed by atoms with Crippen LogP contribution < -0.4 is 5.73 Å². The quantitative estimate of drug-likeness (QED) is 0.736. The summed E-state index contributed by atoms with van der Waals surface area (Å²) in [7, 11) is 0. The molecule has 1 aromatic carbocycles. The van der Waals surface area contributed by atoms with Gasteiger partial charge in [-0.25, -0.2) is 9.37 Å². The van der Waals surface area contributed by atoms with Gasteiger partial charge < -0.3 is 5.73 Å². The van der Waals surface area contributed by atoms with Gasteiger partial charge in [-0.3, -0.25) is 4.40 Å². The van der Waals surface area contributed by atoms with Gasteiger partial charge in [-0.2, -0.15) is 0 Å². The van der Waals surface area contributed by atoms with Crippen molar-refractivity contribution < 1.29 is 4.39 Å². The minimum Gasteiger partial charge on any atom is -0.383 e. The first-order valence-corrected chi connectivity index (χ1v) is 6.56. The van der Waals surface area contributed by atoms with Gasteiger partial charge in [-0.05, 0) is 49.7 Å². The number of nitrogens with two attached hydrogens (primary N) is 1. The minimum atomic E-state index is -0.454. The lowest BCUT2D eigenvalue weighted by atomic mass is 10.1. The molecule has 0 unspecified atom stereocenters. The van der Waals surface area contributed by atoms with Crippen molar-refractivity contribution in [1.29, 1.82) is 0 Å². The summed E-state index contributed by atoms with van der Waals surface area (Å²) in [5.41, 5.74) is 10.4. The first kappa shape index (κ1) is 12.9. The van der Waals surface area contributed by atoms with Gasteiger partial charge in [0, 0.05) is 11.3 Å². The van der Waals surface area contributed by atoms with Crippen LogP contribution >= 0.6 is 11.6 Å². The van der Waals surface area contributed by atoms with Crippen molar-refractivity contribution >= 4 is 23.1 Å². The summed E-state index contributed by atoms with van der Waals surface area (Å²) >= 11 is 5.82. The molecule has 5 heteroatoms. The molecule has 20 heavy (non-hydrogen) atoms. The molecule has 0 saturated carbocycles. The van der Waals surface area contributed by atoms with Gasteiger partial charge in [0.2, 0.25) is 0 Å². The molecule has 102 valence electrons. The number of hydrogen-bond acceptors (Lipinski definition) is 2. The third kappa shape index (κ3) is 1.93. The molecule has 0 amide bonds. The number of nitrogens with zero attached hydrogens (tertiary/aromatic N) is 2. The van der Waals surface area contributed by atoms with E-state index in [1.54, 1.807) is 6.07 Å². The van der Waals surface area contributed by atoms with Crippen molar-refractivity contribution in [2.75, 3.05) is 5.73 Å². The molecular weight excluding hydrogens is 277 g/mol. The molecule has 3 nitrogen and oxygen atoms in total. The van der Waals surface area contributed by atoms with E-state index in [0.29, 0.717) is 17.1 Å². The van der Waals surface area contributed by atoms with Crippen molar-refractivity contribution in [1.82, 2.24) is 9.38 Å². The number of hydrogen-bond donors (Lipinski definition) is 1. The summed E-state index contributed by atoms with van der Waals surface area (Å²) in [4.78, 5) is 4.53. The van der Waals surface area contributed by atoms with Crippen LogP contribution in [0.25, 0.3) is 16.9 Å². The fourth-order valence-electron chi connectivity index (χ4n) is 2.41. The van der Waals surface area contributed by atoms with Crippen LogP contribution in [0.4, 0.5) is 10.2 Å². The maximum absolute atomic E-state index is 13.2. The second kappa shape index (κ2) is 4.49. The van der Waals surface area contributed by atoms with E-state index < -0.39 is 5.82 Å². The standard InChI is InChI=1S/C15H13ClFN3/c1-8-5-9(2)20-13(6-8)19-14(15(20)18)10-3-4-12(17)11(16)7-10/h3-7H,18H2,1-2H3. The zero-order valence-corrected chi connectivity index (χ0v) is 11.9. The number of anilines is 1. The zero-order valence-electron chi connectivity index (χ0n) is 11.1. The number of aromatic nitrogens is 2. The molecule has 0 spiro atoms. The van der Waals surface area contributed by atoms with Crippen molar-refractivity contribution in [3.8, 4) is 11.3 Å². The first-order chi connectivity index (χ1) is 9.47. The molecule has 2 heterocycles. The molecule has 0 fully saturated rings. The Balaban J connectivity index is 2.29. The van der Waals surface area contributed by atoms with Crippen LogP contribution in [0.2, 0.25) is 5.02 Å². The second-order valence-corrected chi connectivity index (χ2v) is 5.25. The number of benzene rings is 1. The van der Waals surface area contributed by atoms with Crippen molar-refractivity contribution in [3.63, 3.8) is 0 Å². The maximum atomic E-state index is 13.2. The van der Waals surface area contributed by atoms with Gasteiger partial charge in [-0.1, -0.05) is 11.6 Å². The summed E-state index contributed by atoms with van der Waals surface area (Å²) in [6.45, 7) is 3.98. The lowest BCUT2D eigenvalue weighted by Crippen LogP contribution is -1.98. The average Bonchev–Trinajstić information content (AvgIpc) is 2.70. The third-order valence-electron chi connectivity index (χ3n) is 3.28. The van der Waals surface area contributed by atoms with Crippen LogP contribution in [0.1, 0.15) is 11.3 Å². The highest BCUT2D eigenvalue weighted by atomic mass is 35.5. The second-order valence-electron chi connectivity index (χ2n) is 4.84. The Bertz CT molecular complexity index is 824. The lowest BCUT2D eigenvalue weighted by molar-refractivity contribution is 0.628. The monoisotopic (exact) mass is 289 g/mol. The molecule has 2 aromatic heterocycles. The predicted octanol–water partition coefficient (Wildman–Crippen LogP) is 3.99. The predicted molar refractivity (Wildman–Crippen MR) is 79.5 cm³/mol. The highest BCUT2D eigenvalue weighted by Gasteiger charge is 2.14. The molecule has 0 atom stereocenters. The Kier molecular flexibility index (Phi) is 2.91. The van der Waals surface area contributed by atoms with Gasteiger partial charge in [0.15, 0.2) is 0 Å².